The lowest BCUT2D eigenvalue weighted by Gasteiger charge is -2.39. The van der Waals surface area contributed by atoms with E-state index in [-0.39, 0.29) is 28.9 Å². The first-order chi connectivity index (χ1) is 13.4. The number of carbonyl (C=O) groups is 2. The molecule has 0 saturated heterocycles. The van der Waals surface area contributed by atoms with E-state index in [1.807, 2.05) is 6.92 Å². The highest BCUT2D eigenvalue weighted by atomic mass is 32.1. The van der Waals surface area contributed by atoms with Crippen LogP contribution in [0.4, 0.5) is 4.79 Å². The molecule has 0 aromatic carbocycles. The van der Waals surface area contributed by atoms with Crippen LogP contribution in [-0.4, -0.2) is 29.0 Å². The van der Waals surface area contributed by atoms with Crippen molar-refractivity contribution in [3.05, 3.63) is 16.4 Å². The number of nitrogens with zero attached hydrogens (tertiary/aromatic N) is 2. The lowest BCUT2D eigenvalue weighted by molar-refractivity contribution is -0.131. The number of hydrogen-bond donors (Lipinski definition) is 2. The van der Waals surface area contributed by atoms with Crippen LogP contribution in [-0.2, 0) is 16.8 Å². The van der Waals surface area contributed by atoms with Gasteiger partial charge in [0.25, 0.3) is 5.91 Å². The summed E-state index contributed by atoms with van der Waals surface area (Å²) < 4.78 is 3.03. The molecular weight excluding hydrogens is 384 g/mol. The van der Waals surface area contributed by atoms with Gasteiger partial charge in [0.15, 0.2) is 0 Å². The molecule has 2 rings (SSSR count). The number of hydrogen-bond acceptors (Lipinski definition) is 3. The van der Waals surface area contributed by atoms with E-state index in [2.05, 4.69) is 67.3 Å². The van der Waals surface area contributed by atoms with Crippen LogP contribution < -0.4 is 15.3 Å². The monoisotopic (exact) mass is 422 g/mol. The van der Waals surface area contributed by atoms with Gasteiger partial charge in [-0.3, -0.25) is 8.75 Å². The summed E-state index contributed by atoms with van der Waals surface area (Å²) in [4.78, 5) is 29.9. The molecule has 29 heavy (non-hydrogen) atoms. The fraction of sp³-hybridized carbons (Fsp3) is 0.773. The molecule has 0 unspecified atom stereocenters. The van der Waals surface area contributed by atoms with Gasteiger partial charge in [-0.15, -0.1) is 0 Å². The third-order valence-electron chi connectivity index (χ3n) is 6.63. The zero-order valence-electron chi connectivity index (χ0n) is 19.3. The van der Waals surface area contributed by atoms with Crippen molar-refractivity contribution in [2.24, 2.45) is 15.8 Å². The van der Waals surface area contributed by atoms with Crippen LogP contribution in [0.3, 0.4) is 0 Å². The van der Waals surface area contributed by atoms with Crippen molar-refractivity contribution < 1.29 is 9.59 Å². The van der Waals surface area contributed by atoms with Gasteiger partial charge in [-0.05, 0) is 63.4 Å². The molecule has 1 saturated carbocycles. The maximum absolute atomic E-state index is 13.4. The molecule has 1 aliphatic rings. The Morgan fingerprint density at radius 3 is 2.52 bits per heavy atom. The summed E-state index contributed by atoms with van der Waals surface area (Å²) in [6.45, 7) is 14.8. The molecule has 0 bridgehead atoms. The SMILES string of the molecule is CCCCc1cn(C(C)(C)C)s/c1=N\C(=O)[C@@]1(C)CC[C@@H](NC(=O)NC)C1(C)C. The van der Waals surface area contributed by atoms with E-state index in [1.165, 1.54) is 0 Å². The molecule has 1 aromatic rings. The Labute approximate surface area is 179 Å². The van der Waals surface area contributed by atoms with Crippen LogP contribution in [0.5, 0.6) is 0 Å². The van der Waals surface area contributed by atoms with E-state index in [1.54, 1.807) is 18.6 Å². The number of rotatable bonds is 5. The number of unbranched alkanes of at least 4 members (excludes halogenated alkanes) is 1. The average Bonchev–Trinajstić information content (AvgIpc) is 3.14. The predicted octanol–water partition coefficient (Wildman–Crippen LogP) is 4.20. The molecule has 1 aromatic heterocycles. The highest BCUT2D eigenvalue weighted by Crippen LogP contribution is 2.53. The lowest BCUT2D eigenvalue weighted by Crippen LogP contribution is -2.51. The first kappa shape index (κ1) is 23.6. The van der Waals surface area contributed by atoms with Crippen molar-refractivity contribution in [2.45, 2.75) is 92.2 Å². The normalized spacial score (nSPS) is 24.6. The van der Waals surface area contributed by atoms with Gasteiger partial charge in [0, 0.05) is 30.4 Å². The minimum Gasteiger partial charge on any atom is -0.341 e. The first-order valence-corrected chi connectivity index (χ1v) is 11.4. The van der Waals surface area contributed by atoms with Gasteiger partial charge in [0.05, 0.1) is 5.41 Å². The summed E-state index contributed by atoms with van der Waals surface area (Å²) in [6, 6.07) is -0.267. The van der Waals surface area contributed by atoms with Crippen molar-refractivity contribution in [2.75, 3.05) is 7.05 Å². The Bertz CT molecular complexity index is 816. The van der Waals surface area contributed by atoms with Gasteiger partial charge in [0.1, 0.15) is 4.67 Å². The molecule has 2 atom stereocenters. The lowest BCUT2D eigenvalue weighted by atomic mass is 9.67. The van der Waals surface area contributed by atoms with Crippen molar-refractivity contribution in [1.82, 2.24) is 14.6 Å². The molecule has 3 amide bonds. The first-order valence-electron chi connectivity index (χ1n) is 10.7. The number of aromatic nitrogens is 1. The Balaban J connectivity index is 2.40. The predicted molar refractivity (Wildman–Crippen MR) is 119 cm³/mol. The molecule has 0 radical (unpaired) electrons. The molecule has 0 aliphatic heterocycles. The topological polar surface area (TPSA) is 75.5 Å². The third-order valence-corrected chi connectivity index (χ3v) is 8.00. The molecule has 0 spiro atoms. The van der Waals surface area contributed by atoms with Crippen molar-refractivity contribution in [3.8, 4) is 0 Å². The number of nitrogens with one attached hydrogen (secondary N) is 2. The molecule has 7 heteroatoms. The van der Waals surface area contributed by atoms with Gasteiger partial charge in [-0.1, -0.05) is 34.1 Å². The van der Waals surface area contributed by atoms with Gasteiger partial charge in [-0.25, -0.2) is 9.79 Å². The van der Waals surface area contributed by atoms with Gasteiger partial charge in [-0.2, -0.15) is 0 Å². The molecule has 1 aliphatic carbocycles. The second-order valence-electron chi connectivity index (χ2n) is 9.94. The fourth-order valence-electron chi connectivity index (χ4n) is 3.92. The maximum Gasteiger partial charge on any atom is 0.314 e. The van der Waals surface area contributed by atoms with Crippen LogP contribution in [0.15, 0.2) is 11.2 Å². The van der Waals surface area contributed by atoms with Gasteiger partial charge >= 0.3 is 6.03 Å². The zero-order valence-corrected chi connectivity index (χ0v) is 20.1. The Morgan fingerprint density at radius 2 is 1.97 bits per heavy atom. The summed E-state index contributed by atoms with van der Waals surface area (Å²) in [6.07, 6.45) is 6.77. The van der Waals surface area contributed by atoms with E-state index in [4.69, 9.17) is 0 Å². The Kier molecular flexibility index (Phi) is 7.03. The number of carbonyl (C=O) groups excluding carboxylic acids is 2. The molecule has 1 heterocycles. The van der Waals surface area contributed by atoms with Crippen molar-refractivity contribution in [3.63, 3.8) is 0 Å². The van der Waals surface area contributed by atoms with E-state index in [0.29, 0.717) is 6.42 Å². The molecule has 6 nitrogen and oxygen atoms in total. The second-order valence-corrected chi connectivity index (χ2v) is 10.9. The van der Waals surface area contributed by atoms with E-state index in [0.717, 1.165) is 35.9 Å². The number of urea groups is 1. The zero-order chi connectivity index (χ0) is 22.0. The molecule has 164 valence electrons. The standard InChI is InChI=1S/C22H38N4O2S/c1-9-10-11-15-14-26(20(2,3)4)29-17(15)25-18(27)22(7)13-12-16(21(22,5)6)24-19(28)23-8/h14,16H,9-13H2,1-8H3,(H2,23,24,28)/b25-17-/t16-,22-/m1/s1. The largest absolute Gasteiger partial charge is 0.341 e. The molecule has 1 fully saturated rings. The minimum atomic E-state index is -0.614. The van der Waals surface area contributed by atoms with Crippen LogP contribution in [0.2, 0.25) is 0 Å². The maximum atomic E-state index is 13.4. The summed E-state index contributed by atoms with van der Waals surface area (Å²) in [5, 5.41) is 5.62. The number of amides is 3. The second kappa shape index (κ2) is 8.62. The summed E-state index contributed by atoms with van der Waals surface area (Å²) in [7, 11) is 1.61. The highest BCUT2D eigenvalue weighted by Gasteiger charge is 2.56. The Morgan fingerprint density at radius 1 is 1.31 bits per heavy atom. The van der Waals surface area contributed by atoms with Gasteiger partial charge in [0.2, 0.25) is 0 Å². The van der Waals surface area contributed by atoms with E-state index in [9.17, 15) is 9.59 Å². The molecule has 2 N–H and O–H groups in total. The minimum absolute atomic E-state index is 0.0402. The van der Waals surface area contributed by atoms with E-state index >= 15 is 0 Å². The van der Waals surface area contributed by atoms with Crippen molar-refractivity contribution in [1.29, 1.82) is 0 Å². The van der Waals surface area contributed by atoms with E-state index < -0.39 is 5.41 Å². The Hall–Kier alpha value is -1.63. The van der Waals surface area contributed by atoms with Crippen molar-refractivity contribution >= 4 is 23.5 Å². The summed E-state index contributed by atoms with van der Waals surface area (Å²) >= 11 is 1.57. The average molecular weight is 423 g/mol. The number of aryl methyl sites for hydroxylation is 1. The summed E-state index contributed by atoms with van der Waals surface area (Å²) in [5.74, 6) is -0.0793. The highest BCUT2D eigenvalue weighted by molar-refractivity contribution is 7.04. The smallest absolute Gasteiger partial charge is 0.314 e. The molecular formula is C22H38N4O2S. The quantitative estimate of drug-likeness (QED) is 0.746. The van der Waals surface area contributed by atoms with Crippen LogP contribution in [0.1, 0.15) is 79.7 Å². The fourth-order valence-corrected chi connectivity index (χ4v) is 4.95. The van der Waals surface area contributed by atoms with Crippen LogP contribution in [0.25, 0.3) is 0 Å². The van der Waals surface area contributed by atoms with Gasteiger partial charge < -0.3 is 10.6 Å². The third kappa shape index (κ3) is 4.76. The van der Waals surface area contributed by atoms with Crippen LogP contribution >= 0.6 is 11.5 Å². The van der Waals surface area contributed by atoms with Crippen LogP contribution in [0, 0.1) is 10.8 Å². The summed E-state index contributed by atoms with van der Waals surface area (Å²) in [5.41, 5.74) is 0.110.